The predicted octanol–water partition coefficient (Wildman–Crippen LogP) is 6.32. The van der Waals surface area contributed by atoms with Crippen LogP contribution < -0.4 is 14.2 Å². The van der Waals surface area contributed by atoms with Gasteiger partial charge in [-0.3, -0.25) is 0 Å². The standard InChI is InChI=1S/C14H12F3IO4.C13H11F3O4/c1-3-21-13(19)8-4-7-5-9(18)11(20-2)6-10(7)22-12(8)14(15,16)17;1-2-6-3-7-4-8(12(18)19)11(13(14,15)16)20-10(7)5-9(6)17/h4-6,12H,3H2,1-2H3;3-5,11,17H,2H2,1H3,(H,18,19). The number of ether oxygens (including phenoxy) is 4. The van der Waals surface area contributed by atoms with Gasteiger partial charge < -0.3 is 29.2 Å². The smallest absolute Gasteiger partial charge is 0.430 e. The summed E-state index contributed by atoms with van der Waals surface area (Å²) in [5, 5.41) is 18.5. The van der Waals surface area contributed by atoms with Gasteiger partial charge in [-0.15, -0.1) is 0 Å². The maximum atomic E-state index is 13.1. The second kappa shape index (κ2) is 12.7. The van der Waals surface area contributed by atoms with Crippen molar-refractivity contribution in [3.63, 3.8) is 0 Å². The highest BCUT2D eigenvalue weighted by Gasteiger charge is 2.49. The number of aromatic hydroxyl groups is 1. The number of methoxy groups -OCH3 is 1. The Morgan fingerprint density at radius 1 is 0.905 bits per heavy atom. The zero-order chi connectivity index (χ0) is 31.6. The molecule has 0 amide bonds. The summed E-state index contributed by atoms with van der Waals surface area (Å²) in [6, 6.07) is 5.44. The van der Waals surface area contributed by atoms with Crippen molar-refractivity contribution in [3.8, 4) is 23.0 Å². The van der Waals surface area contributed by atoms with E-state index in [0.717, 1.165) is 18.2 Å². The number of rotatable bonds is 5. The molecule has 4 rings (SSSR count). The van der Waals surface area contributed by atoms with Crippen molar-refractivity contribution in [1.29, 1.82) is 0 Å². The molecule has 2 aliphatic rings. The highest BCUT2D eigenvalue weighted by molar-refractivity contribution is 14.1. The van der Waals surface area contributed by atoms with Crippen molar-refractivity contribution in [3.05, 3.63) is 55.7 Å². The van der Waals surface area contributed by atoms with Crippen molar-refractivity contribution in [1.82, 2.24) is 0 Å². The highest BCUT2D eigenvalue weighted by atomic mass is 127. The van der Waals surface area contributed by atoms with Crippen LogP contribution >= 0.6 is 22.6 Å². The monoisotopic (exact) mass is 716 g/mol. The molecule has 2 aromatic rings. The van der Waals surface area contributed by atoms with E-state index in [4.69, 9.17) is 19.3 Å². The fourth-order valence-corrected chi connectivity index (χ4v) is 4.67. The molecule has 8 nitrogen and oxygen atoms in total. The van der Waals surface area contributed by atoms with E-state index in [9.17, 15) is 41.0 Å². The number of phenols is 1. The number of hydrogen-bond donors (Lipinski definition) is 2. The number of hydrogen-bond acceptors (Lipinski definition) is 7. The number of halogens is 7. The summed E-state index contributed by atoms with van der Waals surface area (Å²) >= 11 is 1.98. The van der Waals surface area contributed by atoms with E-state index in [0.29, 0.717) is 26.9 Å². The quantitative estimate of drug-likeness (QED) is 0.211. The van der Waals surface area contributed by atoms with E-state index >= 15 is 0 Å². The van der Waals surface area contributed by atoms with Crippen molar-refractivity contribution in [2.75, 3.05) is 13.7 Å². The summed E-state index contributed by atoms with van der Waals surface area (Å²) in [7, 11) is 1.41. The topological polar surface area (TPSA) is 112 Å². The van der Waals surface area contributed by atoms with Crippen LogP contribution in [0.4, 0.5) is 26.3 Å². The van der Waals surface area contributed by atoms with Crippen LogP contribution in [0, 0.1) is 3.57 Å². The lowest BCUT2D eigenvalue weighted by Gasteiger charge is -2.28. The van der Waals surface area contributed by atoms with Gasteiger partial charge in [0.25, 0.3) is 0 Å². The number of fused-ring (bicyclic) bond motifs is 2. The molecule has 0 radical (unpaired) electrons. The molecule has 2 heterocycles. The molecule has 2 aliphatic heterocycles. The first-order valence-electron chi connectivity index (χ1n) is 12.0. The number of carbonyl (C=O) groups excluding carboxylic acids is 1. The molecule has 0 saturated heterocycles. The van der Waals surface area contributed by atoms with Crippen LogP contribution in [0.5, 0.6) is 23.0 Å². The third-order valence-electron chi connectivity index (χ3n) is 5.91. The maximum Gasteiger partial charge on any atom is 0.430 e. The van der Waals surface area contributed by atoms with Gasteiger partial charge in [0.2, 0.25) is 12.2 Å². The molecule has 0 aromatic heterocycles. The molecule has 228 valence electrons. The van der Waals surface area contributed by atoms with Crippen LogP contribution in [0.3, 0.4) is 0 Å². The molecular weight excluding hydrogens is 693 g/mol. The normalized spacial score (nSPS) is 17.6. The molecular formula is C27H23F6IO8. The van der Waals surface area contributed by atoms with Crippen molar-refractivity contribution in [2.45, 2.75) is 44.8 Å². The van der Waals surface area contributed by atoms with Gasteiger partial charge in [-0.2, -0.15) is 26.3 Å². The number of carboxylic acids is 1. The summed E-state index contributed by atoms with van der Waals surface area (Å²) in [6.45, 7) is 3.26. The molecule has 0 saturated carbocycles. The Labute approximate surface area is 248 Å². The molecule has 42 heavy (non-hydrogen) atoms. The predicted molar refractivity (Wildman–Crippen MR) is 144 cm³/mol. The summed E-state index contributed by atoms with van der Waals surface area (Å²) in [4.78, 5) is 22.7. The van der Waals surface area contributed by atoms with Gasteiger partial charge in [0.1, 0.15) is 23.0 Å². The molecule has 2 N–H and O–H groups in total. The Morgan fingerprint density at radius 2 is 1.43 bits per heavy atom. The van der Waals surface area contributed by atoms with Crippen molar-refractivity contribution < 1.29 is 65.1 Å². The number of aryl methyl sites for hydroxylation is 1. The molecule has 2 atom stereocenters. The van der Waals surface area contributed by atoms with E-state index in [1.807, 2.05) is 22.6 Å². The van der Waals surface area contributed by atoms with Gasteiger partial charge in [0, 0.05) is 23.3 Å². The average Bonchev–Trinajstić information content (AvgIpc) is 2.90. The first-order chi connectivity index (χ1) is 19.5. The summed E-state index contributed by atoms with van der Waals surface area (Å²) in [5.74, 6) is -2.70. The van der Waals surface area contributed by atoms with Gasteiger partial charge in [-0.1, -0.05) is 6.92 Å². The summed E-state index contributed by atoms with van der Waals surface area (Å²) in [6.07, 6.45) is -11.9. The summed E-state index contributed by atoms with van der Waals surface area (Å²) in [5.41, 5.74) is -0.370. The van der Waals surface area contributed by atoms with Gasteiger partial charge >= 0.3 is 24.3 Å². The van der Waals surface area contributed by atoms with Gasteiger partial charge in [-0.05, 0) is 65.8 Å². The van der Waals surface area contributed by atoms with Crippen LogP contribution in [0.2, 0.25) is 0 Å². The number of carboxylic acid groups (broad SMARTS) is 1. The van der Waals surface area contributed by atoms with Gasteiger partial charge in [0.05, 0.1) is 28.4 Å². The SMILES string of the molecule is CCOC(=O)C1=Cc2cc(I)c(OC)cc2OC1C(F)(F)F.CCc1cc2c(cc1O)OC(C(F)(F)F)C(C(=O)O)=C2. The third kappa shape index (κ3) is 7.22. The lowest BCUT2D eigenvalue weighted by Crippen LogP contribution is -2.40. The van der Waals surface area contributed by atoms with E-state index < -0.39 is 47.6 Å². The van der Waals surface area contributed by atoms with Gasteiger partial charge in [-0.25, -0.2) is 9.59 Å². The van der Waals surface area contributed by atoms with Crippen LogP contribution in [0.15, 0.2) is 35.4 Å². The minimum absolute atomic E-state index is 0.00707. The maximum absolute atomic E-state index is 13.1. The molecule has 0 spiro atoms. The molecule has 0 fully saturated rings. The van der Waals surface area contributed by atoms with Gasteiger partial charge in [0.15, 0.2) is 0 Å². The zero-order valence-corrected chi connectivity index (χ0v) is 24.2. The molecule has 0 bridgehead atoms. The third-order valence-corrected chi connectivity index (χ3v) is 6.75. The van der Waals surface area contributed by atoms with Crippen LogP contribution in [0.1, 0.15) is 30.5 Å². The molecule has 0 aliphatic carbocycles. The Bertz CT molecular complexity index is 1430. The van der Waals surface area contributed by atoms with Crippen molar-refractivity contribution >= 4 is 46.7 Å². The highest BCUT2D eigenvalue weighted by Crippen LogP contribution is 2.41. The van der Waals surface area contributed by atoms with Crippen LogP contribution in [-0.2, 0) is 20.7 Å². The Hall–Kier alpha value is -3.63. The van der Waals surface area contributed by atoms with Crippen LogP contribution in [0.25, 0.3) is 12.2 Å². The number of esters is 1. The first kappa shape index (κ1) is 32.9. The van der Waals surface area contributed by atoms with Crippen LogP contribution in [-0.4, -0.2) is 60.4 Å². The lowest BCUT2D eigenvalue weighted by atomic mass is 9.98. The summed E-state index contributed by atoms with van der Waals surface area (Å²) < 4.78 is 98.0. The van der Waals surface area contributed by atoms with Crippen molar-refractivity contribution in [2.24, 2.45) is 0 Å². The van der Waals surface area contributed by atoms with E-state index in [1.54, 1.807) is 13.0 Å². The molecule has 15 heteroatoms. The van der Waals surface area contributed by atoms with E-state index in [-0.39, 0.29) is 29.4 Å². The Balaban J connectivity index is 0.000000231. The first-order valence-corrected chi connectivity index (χ1v) is 13.1. The minimum atomic E-state index is -4.85. The molecule has 2 aromatic carbocycles. The fraction of sp³-hybridized carbons (Fsp3) is 0.333. The number of carbonyl (C=O) groups is 2. The number of aliphatic carboxylic acids is 1. The Morgan fingerprint density at radius 3 is 1.93 bits per heavy atom. The number of alkyl halides is 6. The second-order valence-electron chi connectivity index (χ2n) is 8.70. The van der Waals surface area contributed by atoms with E-state index in [2.05, 4.69) is 4.74 Å². The largest absolute Gasteiger partial charge is 0.508 e. The fourth-order valence-electron chi connectivity index (χ4n) is 3.96. The average molecular weight is 716 g/mol. The lowest BCUT2D eigenvalue weighted by molar-refractivity contribution is -0.187. The van der Waals surface area contributed by atoms with E-state index in [1.165, 1.54) is 26.2 Å². The molecule has 2 unspecified atom stereocenters. The second-order valence-corrected chi connectivity index (χ2v) is 9.86. The zero-order valence-electron chi connectivity index (χ0n) is 22.0. The minimum Gasteiger partial charge on any atom is -0.508 e. The number of benzene rings is 2. The number of phenolic OH excluding ortho intramolecular Hbond substituents is 1. The Kier molecular flexibility index (Phi) is 9.95.